The van der Waals surface area contributed by atoms with E-state index in [-0.39, 0.29) is 0 Å². The van der Waals surface area contributed by atoms with E-state index in [0.29, 0.717) is 30.6 Å². The number of nitrogens with one attached hydrogen (secondary N) is 2. The molecular weight excluding hydrogens is 283 g/mol. The van der Waals surface area contributed by atoms with E-state index >= 15 is 0 Å². The first-order valence-corrected chi connectivity index (χ1v) is 5.82. The third-order valence-corrected chi connectivity index (χ3v) is 3.03. The molecule has 0 spiro atoms. The number of anilines is 1. The molecule has 0 bridgehead atoms. The van der Waals surface area contributed by atoms with Crippen LogP contribution in [0.25, 0.3) is 0 Å². The summed E-state index contributed by atoms with van der Waals surface area (Å²) in [4.78, 5) is 11.1. The summed E-state index contributed by atoms with van der Waals surface area (Å²) in [5, 5.41) is 4.51. The van der Waals surface area contributed by atoms with Crippen molar-refractivity contribution in [3.05, 3.63) is 29.1 Å². The van der Waals surface area contributed by atoms with Crippen LogP contribution in [0, 0.1) is 5.82 Å². The number of hydrogen-bond donors (Lipinski definition) is 2. The van der Waals surface area contributed by atoms with E-state index in [1.54, 1.807) is 0 Å². The fraction of sp³-hybridized carbons (Fsp3) is 0.417. The molecule has 110 valence electrons. The normalized spacial score (nSPS) is 15.1. The molecule has 0 fully saturated rings. The number of alkyl halides is 4. The average molecular weight is 294 g/mol. The molecule has 0 radical (unpaired) electrons. The molecule has 8 heteroatoms. The maximum atomic E-state index is 14.0. The molecule has 0 unspecified atom stereocenters. The van der Waals surface area contributed by atoms with Crippen molar-refractivity contribution < 1.29 is 26.7 Å². The van der Waals surface area contributed by atoms with Crippen molar-refractivity contribution in [1.29, 1.82) is 0 Å². The molecule has 2 N–H and O–H groups in total. The second-order valence-electron chi connectivity index (χ2n) is 4.37. The Bertz CT molecular complexity index is 533. The average Bonchev–Trinajstić information content (AvgIpc) is 2.41. The lowest BCUT2D eigenvalue weighted by atomic mass is 9.99. The molecule has 1 aliphatic heterocycles. The topological polar surface area (TPSA) is 41.1 Å². The summed E-state index contributed by atoms with van der Waals surface area (Å²) < 4.78 is 63.7. The van der Waals surface area contributed by atoms with E-state index in [1.165, 1.54) is 11.4 Å². The Morgan fingerprint density at radius 2 is 2.05 bits per heavy atom. The van der Waals surface area contributed by atoms with E-state index < -0.39 is 29.8 Å². The van der Waals surface area contributed by atoms with Gasteiger partial charge in [-0.2, -0.15) is 8.78 Å². The molecule has 0 aliphatic carbocycles. The van der Waals surface area contributed by atoms with Crippen LogP contribution in [0.1, 0.15) is 11.1 Å². The minimum Gasteiger partial charge on any atom is -0.318 e. The lowest BCUT2D eigenvalue weighted by Gasteiger charge is -2.20. The zero-order chi connectivity index (χ0) is 14.9. The lowest BCUT2D eigenvalue weighted by Crippen LogP contribution is -2.41. The molecule has 1 heterocycles. The largest absolute Gasteiger partial charge is 0.383 e. The smallest absolute Gasteiger partial charge is 0.318 e. The number of benzene rings is 1. The molecule has 1 aliphatic rings. The fourth-order valence-electron chi connectivity index (χ4n) is 1.93. The second kappa shape index (κ2) is 5.35. The third-order valence-electron chi connectivity index (χ3n) is 3.03. The number of fused-ring (bicyclic) bond motifs is 1. The third kappa shape index (κ3) is 2.60. The van der Waals surface area contributed by atoms with Crippen LogP contribution >= 0.6 is 0 Å². The summed E-state index contributed by atoms with van der Waals surface area (Å²) in [5.41, 5.74) is 0.422. The van der Waals surface area contributed by atoms with Gasteiger partial charge in [-0.15, -0.1) is 0 Å². The van der Waals surface area contributed by atoms with Crippen molar-refractivity contribution in [1.82, 2.24) is 5.32 Å². The summed E-state index contributed by atoms with van der Waals surface area (Å²) >= 11 is 0. The number of carbonyl (C=O) groups excluding carboxylic acids is 1. The van der Waals surface area contributed by atoms with Crippen LogP contribution in [0.3, 0.4) is 0 Å². The first-order chi connectivity index (χ1) is 9.34. The number of hydrogen-bond acceptors (Lipinski definition) is 2. The van der Waals surface area contributed by atoms with Crippen LogP contribution in [0.5, 0.6) is 0 Å². The van der Waals surface area contributed by atoms with Crippen LogP contribution in [-0.2, 0) is 17.8 Å². The number of rotatable bonds is 3. The SMILES string of the molecule is O=C(Nc1ccc2c(c1F)CCNC2)C(F)(F)C(F)F. The molecular formula is C12H11F5N2O. The molecule has 0 saturated carbocycles. The Balaban J connectivity index is 2.25. The van der Waals surface area contributed by atoms with Crippen LogP contribution in [0.4, 0.5) is 27.6 Å². The van der Waals surface area contributed by atoms with E-state index in [0.717, 1.165) is 6.07 Å². The quantitative estimate of drug-likeness (QED) is 0.840. The van der Waals surface area contributed by atoms with Crippen molar-refractivity contribution in [2.45, 2.75) is 25.3 Å². The second-order valence-corrected chi connectivity index (χ2v) is 4.37. The minimum absolute atomic E-state index is 0.293. The van der Waals surface area contributed by atoms with Gasteiger partial charge in [0.25, 0.3) is 0 Å². The Labute approximate surface area is 111 Å². The van der Waals surface area contributed by atoms with Gasteiger partial charge in [-0.05, 0) is 30.2 Å². The predicted molar refractivity (Wildman–Crippen MR) is 61.4 cm³/mol. The molecule has 1 aromatic rings. The van der Waals surface area contributed by atoms with Crippen LogP contribution in [-0.4, -0.2) is 24.8 Å². The summed E-state index contributed by atoms with van der Waals surface area (Å²) in [6, 6.07) is 2.54. The van der Waals surface area contributed by atoms with Gasteiger partial charge in [0, 0.05) is 6.54 Å². The molecule has 3 nitrogen and oxygen atoms in total. The van der Waals surface area contributed by atoms with E-state index in [1.807, 2.05) is 0 Å². The molecule has 20 heavy (non-hydrogen) atoms. The van der Waals surface area contributed by atoms with Gasteiger partial charge >= 0.3 is 18.3 Å². The zero-order valence-corrected chi connectivity index (χ0v) is 10.2. The summed E-state index contributed by atoms with van der Waals surface area (Å²) in [7, 11) is 0. The van der Waals surface area contributed by atoms with Crippen LogP contribution in [0.15, 0.2) is 12.1 Å². The van der Waals surface area contributed by atoms with E-state index in [9.17, 15) is 26.7 Å². The van der Waals surface area contributed by atoms with Gasteiger partial charge in [0.05, 0.1) is 5.69 Å². The Morgan fingerprint density at radius 3 is 2.70 bits per heavy atom. The monoisotopic (exact) mass is 294 g/mol. The van der Waals surface area contributed by atoms with Crippen molar-refractivity contribution in [3.8, 4) is 0 Å². The summed E-state index contributed by atoms with van der Waals surface area (Å²) in [5.74, 6) is -7.94. The fourth-order valence-corrected chi connectivity index (χ4v) is 1.93. The molecule has 0 saturated heterocycles. The number of carbonyl (C=O) groups is 1. The molecule has 0 atom stereocenters. The minimum atomic E-state index is -4.86. The van der Waals surface area contributed by atoms with Gasteiger partial charge < -0.3 is 10.6 Å². The Hall–Kier alpha value is -1.70. The first-order valence-electron chi connectivity index (χ1n) is 5.82. The number of halogens is 5. The molecule has 1 amide bonds. The van der Waals surface area contributed by atoms with Crippen molar-refractivity contribution in [3.63, 3.8) is 0 Å². The molecule has 0 aromatic heterocycles. The Kier molecular flexibility index (Phi) is 3.94. The molecule has 2 rings (SSSR count). The van der Waals surface area contributed by atoms with Crippen molar-refractivity contribution in [2.75, 3.05) is 11.9 Å². The highest BCUT2D eigenvalue weighted by Crippen LogP contribution is 2.28. The maximum Gasteiger partial charge on any atom is 0.383 e. The lowest BCUT2D eigenvalue weighted by molar-refractivity contribution is -0.163. The van der Waals surface area contributed by atoms with Gasteiger partial charge in [-0.25, -0.2) is 13.2 Å². The predicted octanol–water partition coefficient (Wildman–Crippen LogP) is 2.31. The van der Waals surface area contributed by atoms with E-state index in [2.05, 4.69) is 5.32 Å². The number of amides is 1. The van der Waals surface area contributed by atoms with Crippen LogP contribution in [0.2, 0.25) is 0 Å². The standard InChI is InChI=1S/C12H11F5N2O/c13-9-7-3-4-18-5-6(7)1-2-8(9)19-11(20)12(16,17)10(14)15/h1-2,10,18H,3-5H2,(H,19,20). The highest BCUT2D eigenvalue weighted by atomic mass is 19.3. The zero-order valence-electron chi connectivity index (χ0n) is 10.2. The first kappa shape index (κ1) is 14.7. The van der Waals surface area contributed by atoms with Gasteiger partial charge in [0.2, 0.25) is 0 Å². The van der Waals surface area contributed by atoms with Gasteiger partial charge in [-0.3, -0.25) is 4.79 Å². The van der Waals surface area contributed by atoms with E-state index in [4.69, 9.17) is 0 Å². The van der Waals surface area contributed by atoms with Gasteiger partial charge in [0.15, 0.2) is 0 Å². The highest BCUT2D eigenvalue weighted by molar-refractivity contribution is 5.96. The summed E-state index contributed by atoms with van der Waals surface area (Å²) in [6.07, 6.45) is -3.82. The molecule has 1 aromatic carbocycles. The van der Waals surface area contributed by atoms with Crippen LogP contribution < -0.4 is 10.6 Å². The Morgan fingerprint density at radius 1 is 1.35 bits per heavy atom. The van der Waals surface area contributed by atoms with Gasteiger partial charge in [0.1, 0.15) is 5.82 Å². The summed E-state index contributed by atoms with van der Waals surface area (Å²) in [6.45, 7) is 0.933. The maximum absolute atomic E-state index is 14.0. The van der Waals surface area contributed by atoms with Crippen molar-refractivity contribution >= 4 is 11.6 Å². The van der Waals surface area contributed by atoms with Crippen molar-refractivity contribution in [2.24, 2.45) is 0 Å². The highest BCUT2D eigenvalue weighted by Gasteiger charge is 2.49. The van der Waals surface area contributed by atoms with Gasteiger partial charge in [-0.1, -0.05) is 6.07 Å².